The molecule has 21 heavy (non-hydrogen) atoms. The van der Waals surface area contributed by atoms with E-state index in [1.807, 2.05) is 12.1 Å². The van der Waals surface area contributed by atoms with E-state index >= 15 is 0 Å². The number of amides is 1. The lowest BCUT2D eigenvalue weighted by Crippen LogP contribution is -2.42. The van der Waals surface area contributed by atoms with Gasteiger partial charge < -0.3 is 20.9 Å². The summed E-state index contributed by atoms with van der Waals surface area (Å²) < 4.78 is 0. The maximum atomic E-state index is 11.9. The van der Waals surface area contributed by atoms with Gasteiger partial charge in [0.05, 0.1) is 11.4 Å². The molecule has 5 heteroatoms. The maximum absolute atomic E-state index is 11.9. The molecule has 0 saturated carbocycles. The van der Waals surface area contributed by atoms with Gasteiger partial charge in [-0.3, -0.25) is 4.79 Å². The molecule has 5 nitrogen and oxygen atoms in total. The lowest BCUT2D eigenvalue weighted by atomic mass is 9.98. The third-order valence-electron chi connectivity index (χ3n) is 4.27. The molecule has 0 radical (unpaired) electrons. The monoisotopic (exact) mass is 290 g/mol. The van der Waals surface area contributed by atoms with Crippen LogP contribution in [-0.2, 0) is 0 Å². The number of likely N-dealkylation sites (tertiary alicyclic amines) is 1. The van der Waals surface area contributed by atoms with Crippen LogP contribution in [0.15, 0.2) is 18.2 Å². The number of nitrogens with zero attached hydrogens (tertiary/aromatic N) is 2. The lowest BCUT2D eigenvalue weighted by molar-refractivity contribution is 0.0827. The third-order valence-corrected chi connectivity index (χ3v) is 4.27. The van der Waals surface area contributed by atoms with Crippen LogP contribution in [0, 0.1) is 0 Å². The highest BCUT2D eigenvalue weighted by Gasteiger charge is 2.23. The van der Waals surface area contributed by atoms with E-state index in [4.69, 9.17) is 5.73 Å². The Balaban J connectivity index is 2.06. The maximum Gasteiger partial charge on any atom is 0.253 e. The minimum Gasteiger partial charge on any atom is -0.397 e. The fraction of sp³-hybridized carbons (Fsp3) is 0.562. The predicted molar refractivity (Wildman–Crippen MR) is 87.6 cm³/mol. The number of nitrogen functional groups attached to an aromatic ring is 1. The van der Waals surface area contributed by atoms with Crippen LogP contribution in [0.1, 0.15) is 30.1 Å². The van der Waals surface area contributed by atoms with Gasteiger partial charge in [0.15, 0.2) is 0 Å². The van der Waals surface area contributed by atoms with Crippen molar-refractivity contribution in [2.45, 2.75) is 31.8 Å². The molecule has 1 saturated heterocycles. The molecule has 1 aliphatic rings. The summed E-state index contributed by atoms with van der Waals surface area (Å²) in [5, 5.41) is 3.52. The van der Waals surface area contributed by atoms with Gasteiger partial charge in [-0.05, 0) is 45.0 Å². The highest BCUT2D eigenvalue weighted by atomic mass is 16.2. The predicted octanol–water partition coefficient (Wildman–Crippen LogP) is 1.87. The molecule has 2 rings (SSSR count). The molecule has 1 aromatic rings. The van der Waals surface area contributed by atoms with Crippen molar-refractivity contribution in [1.29, 1.82) is 0 Å². The average Bonchev–Trinajstić information content (AvgIpc) is 2.44. The van der Waals surface area contributed by atoms with Crippen molar-refractivity contribution in [3.63, 3.8) is 0 Å². The van der Waals surface area contributed by atoms with Crippen LogP contribution in [0.5, 0.6) is 0 Å². The van der Waals surface area contributed by atoms with E-state index in [9.17, 15) is 4.79 Å². The van der Waals surface area contributed by atoms with E-state index in [0.717, 1.165) is 25.1 Å². The zero-order valence-corrected chi connectivity index (χ0v) is 13.4. The van der Waals surface area contributed by atoms with E-state index < -0.39 is 0 Å². The van der Waals surface area contributed by atoms with Gasteiger partial charge in [0.25, 0.3) is 5.91 Å². The fourth-order valence-electron chi connectivity index (χ4n) is 2.73. The van der Waals surface area contributed by atoms with Gasteiger partial charge in [-0.1, -0.05) is 0 Å². The lowest BCUT2D eigenvalue weighted by Gasteiger charge is -2.36. The van der Waals surface area contributed by atoms with Crippen molar-refractivity contribution in [2.75, 3.05) is 38.7 Å². The molecular formula is C16H26N4O. The Labute approximate surface area is 127 Å². The minimum absolute atomic E-state index is 0.0267. The second-order valence-electron chi connectivity index (χ2n) is 6.20. The SMILES string of the molecule is CC1CC(Nc2ccc(C(=O)N(C)C)cc2N)CCN1C. The number of carbonyl (C=O) groups is 1. The van der Waals surface area contributed by atoms with Crippen molar-refractivity contribution < 1.29 is 4.79 Å². The molecule has 0 spiro atoms. The molecule has 1 heterocycles. The molecular weight excluding hydrogens is 264 g/mol. The summed E-state index contributed by atoms with van der Waals surface area (Å²) in [7, 11) is 5.64. The second kappa shape index (κ2) is 6.35. The Kier molecular flexibility index (Phi) is 4.73. The topological polar surface area (TPSA) is 61.6 Å². The number of rotatable bonds is 3. The van der Waals surface area contributed by atoms with Gasteiger partial charge >= 0.3 is 0 Å². The minimum atomic E-state index is -0.0267. The highest BCUT2D eigenvalue weighted by molar-refractivity contribution is 5.95. The molecule has 2 unspecified atom stereocenters. The summed E-state index contributed by atoms with van der Waals surface area (Å²) in [5.74, 6) is -0.0267. The fourth-order valence-corrected chi connectivity index (χ4v) is 2.73. The Morgan fingerprint density at radius 2 is 2.14 bits per heavy atom. The van der Waals surface area contributed by atoms with Crippen molar-refractivity contribution in [3.8, 4) is 0 Å². The number of carbonyl (C=O) groups excluding carboxylic acids is 1. The molecule has 0 aromatic heterocycles. The number of nitrogens with one attached hydrogen (secondary N) is 1. The summed E-state index contributed by atoms with van der Waals surface area (Å²) in [4.78, 5) is 15.9. The smallest absolute Gasteiger partial charge is 0.253 e. The number of piperidine rings is 1. The quantitative estimate of drug-likeness (QED) is 0.834. The molecule has 1 aliphatic heterocycles. The van der Waals surface area contributed by atoms with Crippen LogP contribution in [0.3, 0.4) is 0 Å². The van der Waals surface area contributed by atoms with Crippen LogP contribution in [0.25, 0.3) is 0 Å². The summed E-state index contributed by atoms with van der Waals surface area (Å²) in [6, 6.07) is 6.51. The first-order valence-corrected chi connectivity index (χ1v) is 7.46. The standard InChI is InChI=1S/C16H26N4O/c1-11-9-13(7-8-20(11)4)18-15-6-5-12(10-14(15)17)16(21)19(2)3/h5-6,10-11,13,18H,7-9,17H2,1-4H3. The number of nitrogens with two attached hydrogens (primary N) is 1. The Morgan fingerprint density at radius 1 is 1.43 bits per heavy atom. The number of anilines is 2. The Bertz CT molecular complexity index is 515. The van der Waals surface area contributed by atoms with Crippen molar-refractivity contribution in [1.82, 2.24) is 9.80 Å². The third kappa shape index (κ3) is 3.67. The van der Waals surface area contributed by atoms with Crippen molar-refractivity contribution >= 4 is 17.3 Å². The first-order valence-electron chi connectivity index (χ1n) is 7.46. The molecule has 3 N–H and O–H groups in total. The second-order valence-corrected chi connectivity index (χ2v) is 6.20. The zero-order valence-electron chi connectivity index (χ0n) is 13.4. The first-order chi connectivity index (χ1) is 9.88. The van der Waals surface area contributed by atoms with Gasteiger partial charge in [0.1, 0.15) is 0 Å². The van der Waals surface area contributed by atoms with E-state index in [1.54, 1.807) is 25.1 Å². The Morgan fingerprint density at radius 3 is 2.71 bits per heavy atom. The van der Waals surface area contributed by atoms with Gasteiger partial charge in [0, 0.05) is 38.3 Å². The number of benzene rings is 1. The molecule has 0 bridgehead atoms. The van der Waals surface area contributed by atoms with Crippen LogP contribution in [-0.4, -0.2) is 55.5 Å². The van der Waals surface area contributed by atoms with Gasteiger partial charge in [-0.25, -0.2) is 0 Å². The molecule has 1 amide bonds. The van der Waals surface area contributed by atoms with Crippen LogP contribution >= 0.6 is 0 Å². The first kappa shape index (κ1) is 15.6. The molecule has 116 valence electrons. The summed E-state index contributed by atoms with van der Waals surface area (Å²) in [6.45, 7) is 3.34. The van der Waals surface area contributed by atoms with Crippen molar-refractivity contribution in [3.05, 3.63) is 23.8 Å². The Hall–Kier alpha value is -1.75. The molecule has 1 fully saturated rings. The van der Waals surface area contributed by atoms with E-state index in [0.29, 0.717) is 23.3 Å². The summed E-state index contributed by atoms with van der Waals surface area (Å²) in [5.41, 5.74) is 8.28. The van der Waals surface area contributed by atoms with Crippen LogP contribution in [0.4, 0.5) is 11.4 Å². The average molecular weight is 290 g/mol. The van der Waals surface area contributed by atoms with Crippen molar-refractivity contribution in [2.24, 2.45) is 0 Å². The largest absolute Gasteiger partial charge is 0.397 e. The molecule has 2 atom stereocenters. The van der Waals surface area contributed by atoms with Gasteiger partial charge in [-0.2, -0.15) is 0 Å². The van der Waals surface area contributed by atoms with Crippen LogP contribution < -0.4 is 11.1 Å². The number of hydrogen-bond acceptors (Lipinski definition) is 4. The van der Waals surface area contributed by atoms with E-state index in [2.05, 4.69) is 24.2 Å². The van der Waals surface area contributed by atoms with Crippen LogP contribution in [0.2, 0.25) is 0 Å². The van der Waals surface area contributed by atoms with Gasteiger partial charge in [0.2, 0.25) is 0 Å². The summed E-state index contributed by atoms with van der Waals surface area (Å²) in [6.07, 6.45) is 2.22. The van der Waals surface area contributed by atoms with Gasteiger partial charge in [-0.15, -0.1) is 0 Å². The number of hydrogen-bond donors (Lipinski definition) is 2. The van der Waals surface area contributed by atoms with E-state index in [1.165, 1.54) is 0 Å². The summed E-state index contributed by atoms with van der Waals surface area (Å²) >= 11 is 0. The molecule has 1 aromatic carbocycles. The van der Waals surface area contributed by atoms with E-state index in [-0.39, 0.29) is 5.91 Å². The molecule has 0 aliphatic carbocycles. The normalized spacial score (nSPS) is 22.9. The highest BCUT2D eigenvalue weighted by Crippen LogP contribution is 2.25. The zero-order chi connectivity index (χ0) is 15.6.